The monoisotopic (exact) mass is 244 g/mol. The molecule has 18 heavy (non-hydrogen) atoms. The van der Waals surface area contributed by atoms with E-state index in [-0.39, 0.29) is 11.3 Å². The first-order chi connectivity index (χ1) is 8.50. The highest BCUT2D eigenvalue weighted by Gasteiger charge is 2.49. The topological polar surface area (TPSA) is 30.2 Å². The number of Topliss-reactive ketones (excluding diaryl/α,β-unsaturated/α-hetero) is 1. The second-order valence-corrected chi connectivity index (χ2v) is 6.47. The molecule has 0 saturated heterocycles. The van der Waals surface area contributed by atoms with Crippen LogP contribution in [0.25, 0.3) is 0 Å². The van der Waals surface area contributed by atoms with Gasteiger partial charge in [0.15, 0.2) is 0 Å². The lowest BCUT2D eigenvalue weighted by atomic mass is 9.54. The Bertz CT molecular complexity index is 481. The van der Waals surface area contributed by atoms with E-state index in [0.717, 1.165) is 12.0 Å². The molecule has 2 aliphatic carbocycles. The molecular weight excluding hydrogens is 224 g/mol. The number of carbonyl (C=O) groups is 1. The highest BCUT2D eigenvalue weighted by Crippen LogP contribution is 2.55. The summed E-state index contributed by atoms with van der Waals surface area (Å²) in [7, 11) is 0. The SMILES string of the molecule is C=C1[C@@H]2CCC(C)(C)[C@H]1CC(=O)[C@H]2c1ccoc1. The molecule has 0 radical (unpaired) electrons. The quantitative estimate of drug-likeness (QED) is 0.700. The molecule has 0 amide bonds. The number of fused-ring (bicyclic) bond motifs is 2. The Morgan fingerprint density at radius 1 is 1.44 bits per heavy atom. The summed E-state index contributed by atoms with van der Waals surface area (Å²) in [6, 6.07) is 1.93. The normalized spacial score (nSPS) is 34.7. The minimum Gasteiger partial charge on any atom is -0.472 e. The Kier molecular flexibility index (Phi) is 2.51. The largest absolute Gasteiger partial charge is 0.472 e. The molecule has 1 aromatic heterocycles. The van der Waals surface area contributed by atoms with Crippen LogP contribution in [-0.2, 0) is 4.79 Å². The van der Waals surface area contributed by atoms with Crippen LogP contribution in [0, 0.1) is 17.3 Å². The molecule has 1 heterocycles. The summed E-state index contributed by atoms with van der Waals surface area (Å²) in [5.74, 6) is 1.05. The van der Waals surface area contributed by atoms with Gasteiger partial charge < -0.3 is 4.42 Å². The Hall–Kier alpha value is -1.31. The van der Waals surface area contributed by atoms with Crippen molar-refractivity contribution in [3.05, 3.63) is 36.3 Å². The molecule has 2 aliphatic rings. The van der Waals surface area contributed by atoms with Crippen LogP contribution in [0.2, 0.25) is 0 Å². The van der Waals surface area contributed by atoms with E-state index in [4.69, 9.17) is 4.42 Å². The van der Waals surface area contributed by atoms with Crippen LogP contribution in [0.5, 0.6) is 0 Å². The van der Waals surface area contributed by atoms with Gasteiger partial charge in [0.25, 0.3) is 0 Å². The van der Waals surface area contributed by atoms with Crippen molar-refractivity contribution >= 4 is 5.78 Å². The van der Waals surface area contributed by atoms with Gasteiger partial charge in [-0.05, 0) is 36.2 Å². The van der Waals surface area contributed by atoms with Crippen molar-refractivity contribution in [2.24, 2.45) is 17.3 Å². The van der Waals surface area contributed by atoms with Crippen LogP contribution in [0.1, 0.15) is 44.6 Å². The third-order valence-electron chi connectivity index (χ3n) is 5.02. The fraction of sp³-hybridized carbons (Fsp3) is 0.562. The van der Waals surface area contributed by atoms with Crippen molar-refractivity contribution < 1.29 is 9.21 Å². The molecule has 96 valence electrons. The van der Waals surface area contributed by atoms with Crippen LogP contribution in [0.15, 0.2) is 35.2 Å². The molecule has 2 fully saturated rings. The van der Waals surface area contributed by atoms with Gasteiger partial charge in [-0.1, -0.05) is 26.0 Å². The first-order valence-corrected chi connectivity index (χ1v) is 6.74. The van der Waals surface area contributed by atoms with E-state index in [1.54, 1.807) is 12.5 Å². The molecule has 0 N–H and O–H groups in total. The molecule has 2 nitrogen and oxygen atoms in total. The average Bonchev–Trinajstić information content (AvgIpc) is 2.80. The van der Waals surface area contributed by atoms with Crippen LogP contribution < -0.4 is 0 Å². The fourth-order valence-electron chi connectivity index (χ4n) is 3.86. The minimum absolute atomic E-state index is 0.0106. The van der Waals surface area contributed by atoms with E-state index < -0.39 is 0 Å². The highest BCUT2D eigenvalue weighted by molar-refractivity contribution is 5.88. The summed E-state index contributed by atoms with van der Waals surface area (Å²) in [5.41, 5.74) is 2.55. The first-order valence-electron chi connectivity index (χ1n) is 6.74. The molecule has 2 saturated carbocycles. The van der Waals surface area contributed by atoms with E-state index in [9.17, 15) is 4.79 Å². The Labute approximate surface area is 108 Å². The van der Waals surface area contributed by atoms with Crippen molar-refractivity contribution in [3.63, 3.8) is 0 Å². The lowest BCUT2D eigenvalue weighted by Gasteiger charge is -2.49. The summed E-state index contributed by atoms with van der Waals surface area (Å²) in [5, 5.41) is 0. The summed E-state index contributed by atoms with van der Waals surface area (Å²) in [6.07, 6.45) is 6.28. The summed E-state index contributed by atoms with van der Waals surface area (Å²) in [6.45, 7) is 8.84. The molecule has 3 atom stereocenters. The summed E-state index contributed by atoms with van der Waals surface area (Å²) in [4.78, 5) is 12.5. The zero-order valence-electron chi connectivity index (χ0n) is 11.1. The molecule has 2 bridgehead atoms. The van der Waals surface area contributed by atoms with Crippen molar-refractivity contribution in [2.45, 2.75) is 39.0 Å². The lowest BCUT2D eigenvalue weighted by molar-refractivity contribution is -0.126. The predicted octanol–water partition coefficient (Wildman–Crippen LogP) is 3.94. The van der Waals surface area contributed by atoms with E-state index in [2.05, 4.69) is 20.4 Å². The second kappa shape index (κ2) is 3.84. The molecule has 0 aromatic carbocycles. The molecule has 0 unspecified atom stereocenters. The highest BCUT2D eigenvalue weighted by atomic mass is 16.3. The molecular formula is C16H20O2. The maximum absolute atomic E-state index is 12.5. The molecule has 2 heteroatoms. The Morgan fingerprint density at radius 2 is 2.22 bits per heavy atom. The van der Waals surface area contributed by atoms with Gasteiger partial charge >= 0.3 is 0 Å². The molecule has 0 spiro atoms. The zero-order valence-corrected chi connectivity index (χ0v) is 11.1. The Balaban J connectivity index is 1.98. The van der Waals surface area contributed by atoms with Gasteiger partial charge in [-0.25, -0.2) is 0 Å². The second-order valence-electron chi connectivity index (χ2n) is 6.47. The number of ketones is 1. The number of hydrogen-bond acceptors (Lipinski definition) is 2. The standard InChI is InChI=1S/C16H20O2/c1-10-12-4-6-16(2,3)13(10)8-14(17)15(12)11-5-7-18-9-11/h5,7,9,12-13,15H,1,4,6,8H2,2-3H3/t12-,13-,15-/m0/s1. The number of allylic oxidation sites excluding steroid dienone is 1. The van der Waals surface area contributed by atoms with Gasteiger partial charge in [0.05, 0.1) is 18.4 Å². The van der Waals surface area contributed by atoms with E-state index in [0.29, 0.717) is 24.0 Å². The average molecular weight is 244 g/mol. The minimum atomic E-state index is -0.0106. The van der Waals surface area contributed by atoms with Crippen LogP contribution in [-0.4, -0.2) is 5.78 Å². The number of hydrogen-bond donors (Lipinski definition) is 0. The van der Waals surface area contributed by atoms with Gasteiger partial charge in [-0.15, -0.1) is 0 Å². The van der Waals surface area contributed by atoms with Crippen LogP contribution >= 0.6 is 0 Å². The van der Waals surface area contributed by atoms with Gasteiger partial charge in [0.1, 0.15) is 5.78 Å². The lowest BCUT2D eigenvalue weighted by Crippen LogP contribution is -2.43. The van der Waals surface area contributed by atoms with Gasteiger partial charge in [-0.3, -0.25) is 4.79 Å². The molecule has 1 aromatic rings. The molecule has 3 rings (SSSR count). The van der Waals surface area contributed by atoms with E-state index in [1.807, 2.05) is 6.07 Å². The fourth-order valence-corrected chi connectivity index (χ4v) is 3.86. The Morgan fingerprint density at radius 3 is 2.89 bits per heavy atom. The van der Waals surface area contributed by atoms with Gasteiger partial charge in [-0.2, -0.15) is 0 Å². The van der Waals surface area contributed by atoms with Gasteiger partial charge in [0.2, 0.25) is 0 Å². The van der Waals surface area contributed by atoms with E-state index >= 15 is 0 Å². The van der Waals surface area contributed by atoms with Crippen LogP contribution in [0.4, 0.5) is 0 Å². The summed E-state index contributed by atoms with van der Waals surface area (Å²) >= 11 is 0. The first kappa shape index (κ1) is 11.8. The van der Waals surface area contributed by atoms with Crippen molar-refractivity contribution in [1.82, 2.24) is 0 Å². The molecule has 0 aliphatic heterocycles. The summed E-state index contributed by atoms with van der Waals surface area (Å²) < 4.78 is 5.15. The van der Waals surface area contributed by atoms with Crippen molar-refractivity contribution in [2.75, 3.05) is 0 Å². The third kappa shape index (κ3) is 1.58. The maximum Gasteiger partial charge on any atom is 0.141 e. The number of carbonyl (C=O) groups excluding carboxylic acids is 1. The maximum atomic E-state index is 12.5. The van der Waals surface area contributed by atoms with Crippen molar-refractivity contribution in [1.29, 1.82) is 0 Å². The third-order valence-corrected chi connectivity index (χ3v) is 5.02. The zero-order chi connectivity index (χ0) is 12.9. The van der Waals surface area contributed by atoms with Gasteiger partial charge in [0, 0.05) is 12.0 Å². The van der Waals surface area contributed by atoms with Crippen molar-refractivity contribution in [3.8, 4) is 0 Å². The predicted molar refractivity (Wildman–Crippen MR) is 70.2 cm³/mol. The smallest absolute Gasteiger partial charge is 0.141 e. The van der Waals surface area contributed by atoms with Crippen LogP contribution in [0.3, 0.4) is 0 Å². The number of furan rings is 1. The van der Waals surface area contributed by atoms with E-state index in [1.165, 1.54) is 12.0 Å². The number of rotatable bonds is 1.